The summed E-state index contributed by atoms with van der Waals surface area (Å²) in [4.78, 5) is 12.6. The molecule has 0 unspecified atom stereocenters. The van der Waals surface area contributed by atoms with Crippen LogP contribution in [-0.4, -0.2) is 27.4 Å². The number of aromatic amines is 1. The molecule has 7 heteroatoms. The van der Waals surface area contributed by atoms with Gasteiger partial charge in [0.15, 0.2) is 12.4 Å². The van der Waals surface area contributed by atoms with E-state index in [9.17, 15) is 4.79 Å². The summed E-state index contributed by atoms with van der Waals surface area (Å²) < 4.78 is 7.46. The van der Waals surface area contributed by atoms with Crippen molar-refractivity contribution in [2.24, 2.45) is 0 Å². The highest BCUT2D eigenvalue weighted by Gasteiger charge is 2.14. The lowest BCUT2D eigenvalue weighted by Crippen LogP contribution is -2.28. The fraction of sp³-hybridized carbons (Fsp3) is 0.0417. The summed E-state index contributed by atoms with van der Waals surface area (Å²) in [6, 6.07) is 27.6. The van der Waals surface area contributed by atoms with E-state index in [-0.39, 0.29) is 12.5 Å². The number of carbonyl (C=O) groups is 1. The zero-order chi connectivity index (χ0) is 21.2. The van der Waals surface area contributed by atoms with E-state index < -0.39 is 0 Å². The first-order valence-corrected chi connectivity index (χ1v) is 10.2. The predicted molar refractivity (Wildman–Crippen MR) is 124 cm³/mol. The van der Waals surface area contributed by atoms with Crippen molar-refractivity contribution in [3.05, 3.63) is 89.7 Å². The lowest BCUT2D eigenvalue weighted by Gasteiger charge is -2.11. The summed E-state index contributed by atoms with van der Waals surface area (Å²) in [5.74, 6) is 0.812. The van der Waals surface area contributed by atoms with Crippen LogP contribution in [-0.2, 0) is 4.79 Å². The average Bonchev–Trinajstić information content (AvgIpc) is 3.17. The third kappa shape index (κ3) is 3.78. The fourth-order valence-electron chi connectivity index (χ4n) is 3.56. The molecule has 0 atom stereocenters. The minimum absolute atomic E-state index is 0.153. The van der Waals surface area contributed by atoms with Crippen LogP contribution in [0.15, 0.2) is 84.9 Å². The number of fused-ring (bicyclic) bond motifs is 2. The van der Waals surface area contributed by atoms with Gasteiger partial charge in [-0.25, -0.2) is 9.77 Å². The van der Waals surface area contributed by atoms with Gasteiger partial charge >= 0.3 is 0 Å². The molecule has 0 aliphatic heterocycles. The van der Waals surface area contributed by atoms with Crippen molar-refractivity contribution >= 4 is 39.7 Å². The molecule has 2 N–H and O–H groups in total. The molecule has 31 heavy (non-hydrogen) atoms. The van der Waals surface area contributed by atoms with Crippen LogP contribution in [0.3, 0.4) is 0 Å². The Morgan fingerprint density at radius 3 is 2.55 bits per heavy atom. The molecule has 0 aliphatic carbocycles. The molecular weight excluding hydrogens is 408 g/mol. The van der Waals surface area contributed by atoms with E-state index in [1.165, 1.54) is 4.68 Å². The predicted octanol–water partition coefficient (Wildman–Crippen LogP) is 5.06. The van der Waals surface area contributed by atoms with Crippen LogP contribution < -0.4 is 10.2 Å². The first-order chi connectivity index (χ1) is 15.2. The van der Waals surface area contributed by atoms with Crippen LogP contribution >= 0.6 is 12.2 Å². The second-order valence-corrected chi connectivity index (χ2v) is 7.43. The van der Waals surface area contributed by atoms with Crippen LogP contribution in [0.5, 0.6) is 5.75 Å². The Labute approximate surface area is 183 Å². The summed E-state index contributed by atoms with van der Waals surface area (Å²) in [7, 11) is 0. The molecule has 0 fully saturated rings. The summed E-state index contributed by atoms with van der Waals surface area (Å²) in [6.45, 7) is -0.153. The van der Waals surface area contributed by atoms with Gasteiger partial charge in [-0.1, -0.05) is 72.8 Å². The number of benzene rings is 4. The maximum absolute atomic E-state index is 12.6. The van der Waals surface area contributed by atoms with Gasteiger partial charge in [0.2, 0.25) is 4.77 Å². The highest BCUT2D eigenvalue weighted by Crippen LogP contribution is 2.27. The van der Waals surface area contributed by atoms with E-state index in [1.54, 1.807) is 0 Å². The van der Waals surface area contributed by atoms with Crippen molar-refractivity contribution in [2.45, 2.75) is 0 Å². The number of H-pyrrole nitrogens is 1. The normalized spacial score (nSPS) is 11.0. The lowest BCUT2D eigenvalue weighted by molar-refractivity contribution is -0.119. The largest absolute Gasteiger partial charge is 0.484 e. The Balaban J connectivity index is 1.37. The molecule has 1 aromatic heterocycles. The Kier molecular flexibility index (Phi) is 4.93. The Morgan fingerprint density at radius 1 is 0.935 bits per heavy atom. The van der Waals surface area contributed by atoms with Crippen LogP contribution in [0, 0.1) is 4.77 Å². The van der Waals surface area contributed by atoms with Gasteiger partial charge in [0.05, 0.1) is 0 Å². The molecule has 1 heterocycles. The smallest absolute Gasteiger partial charge is 0.276 e. The average molecular weight is 427 g/mol. The highest BCUT2D eigenvalue weighted by atomic mass is 32.1. The molecule has 0 aliphatic rings. The van der Waals surface area contributed by atoms with Crippen molar-refractivity contribution < 1.29 is 9.53 Å². The minimum Gasteiger partial charge on any atom is -0.484 e. The molecule has 0 bridgehead atoms. The molecule has 5 aromatic rings. The maximum atomic E-state index is 12.6. The molecule has 0 saturated heterocycles. The van der Waals surface area contributed by atoms with Crippen LogP contribution in [0.1, 0.15) is 0 Å². The van der Waals surface area contributed by atoms with Crippen LogP contribution in [0.4, 0.5) is 0 Å². The zero-order valence-corrected chi connectivity index (χ0v) is 17.2. The van der Waals surface area contributed by atoms with Crippen molar-refractivity contribution in [1.29, 1.82) is 0 Å². The Hall–Kier alpha value is -3.97. The molecule has 0 spiro atoms. The third-order valence-corrected chi connectivity index (χ3v) is 5.30. The number of rotatable bonds is 5. The lowest BCUT2D eigenvalue weighted by atomic mass is 10.0. The summed E-state index contributed by atoms with van der Waals surface area (Å²) in [6.07, 6.45) is 0. The van der Waals surface area contributed by atoms with Crippen molar-refractivity contribution in [3.8, 4) is 17.1 Å². The summed E-state index contributed by atoms with van der Waals surface area (Å²) >= 11 is 5.33. The Bertz CT molecular complexity index is 1470. The van der Waals surface area contributed by atoms with E-state index >= 15 is 0 Å². The second-order valence-electron chi connectivity index (χ2n) is 7.05. The fourth-order valence-corrected chi connectivity index (χ4v) is 3.74. The highest BCUT2D eigenvalue weighted by molar-refractivity contribution is 7.71. The van der Waals surface area contributed by atoms with Crippen molar-refractivity contribution in [1.82, 2.24) is 14.9 Å². The number of nitrogens with one attached hydrogen (secondary N) is 2. The first kappa shape index (κ1) is 19.0. The third-order valence-electron chi connectivity index (χ3n) is 5.03. The molecule has 152 valence electrons. The van der Waals surface area contributed by atoms with Gasteiger partial charge in [-0.2, -0.15) is 5.10 Å². The minimum atomic E-state index is -0.341. The van der Waals surface area contributed by atoms with Crippen molar-refractivity contribution in [3.63, 3.8) is 0 Å². The standard InChI is InChI=1S/C24H18N4O2S/c29-22(15-30-19-13-12-16-6-1-2-8-18(16)14-19)27-28-23(25-26-24(28)31)21-11-5-9-17-7-3-4-10-20(17)21/h1-14H,15H2,(H,26,31)(H,27,29). The van der Waals surface area contributed by atoms with Gasteiger partial charge < -0.3 is 4.74 Å². The number of aromatic nitrogens is 3. The quantitative estimate of drug-likeness (QED) is 0.385. The zero-order valence-electron chi connectivity index (χ0n) is 16.4. The number of nitrogens with zero attached hydrogens (tertiary/aromatic N) is 2. The van der Waals surface area contributed by atoms with E-state index in [2.05, 4.69) is 15.6 Å². The molecular formula is C24H18N4O2S. The van der Waals surface area contributed by atoms with Crippen LogP contribution in [0.25, 0.3) is 32.9 Å². The summed E-state index contributed by atoms with van der Waals surface area (Å²) in [5, 5.41) is 11.3. The van der Waals surface area contributed by atoms with Gasteiger partial charge in [0.1, 0.15) is 5.75 Å². The SMILES string of the molecule is O=C(COc1ccc2ccccc2c1)Nn1c(-c2cccc3ccccc23)n[nH]c1=S. The first-order valence-electron chi connectivity index (χ1n) is 9.76. The second kappa shape index (κ2) is 8.04. The molecule has 0 saturated carbocycles. The molecule has 1 amide bonds. The van der Waals surface area contributed by atoms with Gasteiger partial charge in [-0.3, -0.25) is 10.2 Å². The summed E-state index contributed by atoms with van der Waals surface area (Å²) in [5.41, 5.74) is 3.65. The maximum Gasteiger partial charge on any atom is 0.276 e. The van der Waals surface area contributed by atoms with Gasteiger partial charge in [0.25, 0.3) is 5.91 Å². The van der Waals surface area contributed by atoms with E-state index in [0.29, 0.717) is 16.3 Å². The molecule has 0 radical (unpaired) electrons. The van der Waals surface area contributed by atoms with E-state index in [1.807, 2.05) is 84.9 Å². The van der Waals surface area contributed by atoms with Gasteiger partial charge in [0, 0.05) is 5.56 Å². The number of amides is 1. The number of hydrogen-bond acceptors (Lipinski definition) is 4. The molecule has 5 rings (SSSR count). The van der Waals surface area contributed by atoms with E-state index in [0.717, 1.165) is 27.1 Å². The topological polar surface area (TPSA) is 71.9 Å². The van der Waals surface area contributed by atoms with Crippen molar-refractivity contribution in [2.75, 3.05) is 12.0 Å². The van der Waals surface area contributed by atoms with Crippen LogP contribution in [0.2, 0.25) is 0 Å². The van der Waals surface area contributed by atoms with Gasteiger partial charge in [-0.15, -0.1) is 0 Å². The Morgan fingerprint density at radius 2 is 1.68 bits per heavy atom. The monoisotopic (exact) mass is 426 g/mol. The number of hydrogen-bond donors (Lipinski definition) is 2. The number of ether oxygens (including phenoxy) is 1. The van der Waals surface area contributed by atoms with Gasteiger partial charge in [-0.05, 0) is 45.9 Å². The molecule has 4 aromatic carbocycles. The van der Waals surface area contributed by atoms with E-state index in [4.69, 9.17) is 17.0 Å². The number of carbonyl (C=O) groups excluding carboxylic acids is 1. The molecule has 6 nitrogen and oxygen atoms in total.